The number of hydrogen-bond acceptors (Lipinski definition) is 2. The topological polar surface area (TPSA) is 40.5 Å². The van der Waals surface area contributed by atoms with E-state index in [2.05, 4.69) is 4.90 Å². The Morgan fingerprint density at radius 2 is 2.45 bits per heavy atom. The van der Waals surface area contributed by atoms with Gasteiger partial charge in [0.25, 0.3) is 0 Å². The fourth-order valence-corrected chi connectivity index (χ4v) is 1.37. The lowest BCUT2D eigenvalue weighted by Gasteiger charge is -2.14. The van der Waals surface area contributed by atoms with E-state index in [0.717, 1.165) is 13.0 Å². The summed E-state index contributed by atoms with van der Waals surface area (Å²) in [7, 11) is 2.02. The van der Waals surface area contributed by atoms with Crippen molar-refractivity contribution < 1.29 is 9.90 Å². The van der Waals surface area contributed by atoms with E-state index >= 15 is 0 Å². The molecule has 0 aromatic carbocycles. The Hall–Kier alpha value is -0.830. The number of carbonyl (C=O) groups is 1. The number of hydrogen-bond donors (Lipinski definition) is 1. The lowest BCUT2D eigenvalue weighted by molar-refractivity contribution is -0.131. The smallest absolute Gasteiger partial charge is 0.328 e. The highest BCUT2D eigenvalue weighted by molar-refractivity contribution is 5.79. The molecule has 1 aliphatic rings. The summed E-state index contributed by atoms with van der Waals surface area (Å²) in [5, 5.41) is 8.35. The molecule has 1 N–H and O–H groups in total. The van der Waals surface area contributed by atoms with Gasteiger partial charge in [-0.3, -0.25) is 4.90 Å². The summed E-state index contributed by atoms with van der Waals surface area (Å²) in [5.41, 5.74) is 0. The second-order valence-electron chi connectivity index (χ2n) is 2.89. The second-order valence-corrected chi connectivity index (χ2v) is 2.89. The van der Waals surface area contributed by atoms with E-state index < -0.39 is 5.97 Å². The Bertz CT molecular complexity index is 177. The summed E-state index contributed by atoms with van der Waals surface area (Å²) in [4.78, 5) is 12.3. The van der Waals surface area contributed by atoms with E-state index in [0.29, 0.717) is 6.04 Å². The molecule has 0 saturated carbocycles. The molecule has 1 unspecified atom stereocenters. The molecule has 1 heterocycles. The number of likely N-dealkylation sites (N-methyl/N-ethyl adjacent to an activating group) is 1. The van der Waals surface area contributed by atoms with Gasteiger partial charge in [0, 0.05) is 12.1 Å². The standard InChI is InChI=1S/C8H13NO2/c1-9-6-2-3-7(9)4-5-8(10)11/h4-5,7H,2-3,6H2,1H3,(H,10,11)/b5-4-. The van der Waals surface area contributed by atoms with E-state index in [1.165, 1.54) is 12.5 Å². The van der Waals surface area contributed by atoms with Gasteiger partial charge < -0.3 is 5.11 Å². The molecule has 0 aliphatic carbocycles. The van der Waals surface area contributed by atoms with Crippen LogP contribution in [-0.4, -0.2) is 35.6 Å². The quantitative estimate of drug-likeness (QED) is 0.597. The van der Waals surface area contributed by atoms with Crippen LogP contribution < -0.4 is 0 Å². The van der Waals surface area contributed by atoms with Crippen LogP contribution in [0.3, 0.4) is 0 Å². The molecule has 1 atom stereocenters. The summed E-state index contributed by atoms with van der Waals surface area (Å²) >= 11 is 0. The lowest BCUT2D eigenvalue weighted by Crippen LogP contribution is -2.22. The van der Waals surface area contributed by atoms with Gasteiger partial charge in [-0.15, -0.1) is 0 Å². The van der Waals surface area contributed by atoms with Crippen molar-refractivity contribution in [2.45, 2.75) is 18.9 Å². The van der Waals surface area contributed by atoms with Gasteiger partial charge in [-0.05, 0) is 26.4 Å². The van der Waals surface area contributed by atoms with Crippen molar-refractivity contribution in [3.8, 4) is 0 Å². The first kappa shape index (κ1) is 8.27. The fraction of sp³-hybridized carbons (Fsp3) is 0.625. The maximum absolute atomic E-state index is 10.2. The van der Waals surface area contributed by atoms with Crippen LogP contribution in [0, 0.1) is 0 Å². The van der Waals surface area contributed by atoms with Gasteiger partial charge in [0.1, 0.15) is 0 Å². The van der Waals surface area contributed by atoms with Crippen molar-refractivity contribution in [2.75, 3.05) is 13.6 Å². The fourth-order valence-electron chi connectivity index (χ4n) is 1.37. The number of rotatable bonds is 2. The molecule has 3 nitrogen and oxygen atoms in total. The highest BCUT2D eigenvalue weighted by atomic mass is 16.4. The average molecular weight is 155 g/mol. The number of carboxylic acid groups (broad SMARTS) is 1. The van der Waals surface area contributed by atoms with E-state index in [1.54, 1.807) is 6.08 Å². The third kappa shape index (κ3) is 2.35. The van der Waals surface area contributed by atoms with Crippen molar-refractivity contribution in [2.24, 2.45) is 0 Å². The van der Waals surface area contributed by atoms with Crippen LogP contribution in [0.5, 0.6) is 0 Å². The zero-order chi connectivity index (χ0) is 8.27. The van der Waals surface area contributed by atoms with E-state index in [4.69, 9.17) is 5.11 Å². The molecule has 0 radical (unpaired) electrons. The molecule has 0 aromatic heterocycles. The number of carboxylic acids is 1. The van der Waals surface area contributed by atoms with Crippen molar-refractivity contribution in [1.29, 1.82) is 0 Å². The molecule has 0 spiro atoms. The highest BCUT2D eigenvalue weighted by Crippen LogP contribution is 2.15. The molecule has 11 heavy (non-hydrogen) atoms. The highest BCUT2D eigenvalue weighted by Gasteiger charge is 2.17. The van der Waals surface area contributed by atoms with Gasteiger partial charge in [0.15, 0.2) is 0 Å². The summed E-state index contributed by atoms with van der Waals surface area (Å²) in [6, 6.07) is 0.339. The number of aliphatic carboxylic acids is 1. The minimum Gasteiger partial charge on any atom is -0.478 e. The van der Waals surface area contributed by atoms with Crippen LogP contribution in [0.1, 0.15) is 12.8 Å². The maximum atomic E-state index is 10.2. The first-order chi connectivity index (χ1) is 5.20. The van der Waals surface area contributed by atoms with Gasteiger partial charge in [0.2, 0.25) is 0 Å². The predicted molar refractivity (Wildman–Crippen MR) is 42.4 cm³/mol. The van der Waals surface area contributed by atoms with Crippen LogP contribution in [0.4, 0.5) is 0 Å². The summed E-state index contributed by atoms with van der Waals surface area (Å²) in [6.07, 6.45) is 5.24. The third-order valence-corrected chi connectivity index (χ3v) is 2.04. The molecule has 0 aromatic rings. The molecule has 1 rings (SSSR count). The van der Waals surface area contributed by atoms with Crippen molar-refractivity contribution in [3.63, 3.8) is 0 Å². The van der Waals surface area contributed by atoms with E-state index in [1.807, 2.05) is 7.05 Å². The normalized spacial score (nSPS) is 26.5. The van der Waals surface area contributed by atoms with Crippen LogP contribution in [0.15, 0.2) is 12.2 Å². The minimum atomic E-state index is -0.856. The lowest BCUT2D eigenvalue weighted by atomic mass is 10.2. The average Bonchev–Trinajstić information content (AvgIpc) is 2.31. The Kier molecular flexibility index (Phi) is 2.65. The molecule has 1 fully saturated rings. The van der Waals surface area contributed by atoms with Gasteiger partial charge in [0.05, 0.1) is 0 Å². The molecule has 1 saturated heterocycles. The van der Waals surface area contributed by atoms with E-state index in [9.17, 15) is 4.79 Å². The SMILES string of the molecule is CN1CCCC1/C=C\C(=O)O. The van der Waals surface area contributed by atoms with Crippen molar-refractivity contribution in [1.82, 2.24) is 4.90 Å². The van der Waals surface area contributed by atoms with Gasteiger partial charge in [-0.25, -0.2) is 4.79 Å². The number of nitrogens with zero attached hydrogens (tertiary/aromatic N) is 1. The van der Waals surface area contributed by atoms with Gasteiger partial charge in [-0.2, -0.15) is 0 Å². The number of likely N-dealkylation sites (tertiary alicyclic amines) is 1. The zero-order valence-corrected chi connectivity index (χ0v) is 6.66. The molecule has 0 bridgehead atoms. The molecule has 0 amide bonds. The zero-order valence-electron chi connectivity index (χ0n) is 6.66. The maximum Gasteiger partial charge on any atom is 0.328 e. The van der Waals surface area contributed by atoms with Crippen LogP contribution in [-0.2, 0) is 4.79 Å². The van der Waals surface area contributed by atoms with Crippen LogP contribution in [0.2, 0.25) is 0 Å². The first-order valence-corrected chi connectivity index (χ1v) is 3.81. The minimum absolute atomic E-state index is 0.339. The summed E-state index contributed by atoms with van der Waals surface area (Å²) in [5.74, 6) is -0.856. The summed E-state index contributed by atoms with van der Waals surface area (Å²) in [6.45, 7) is 1.08. The Morgan fingerprint density at radius 1 is 1.73 bits per heavy atom. The van der Waals surface area contributed by atoms with Gasteiger partial charge >= 0.3 is 5.97 Å². The Labute approximate surface area is 66.3 Å². The third-order valence-electron chi connectivity index (χ3n) is 2.04. The van der Waals surface area contributed by atoms with E-state index in [-0.39, 0.29) is 0 Å². The monoisotopic (exact) mass is 155 g/mol. The molecule has 1 aliphatic heterocycles. The van der Waals surface area contributed by atoms with Crippen molar-refractivity contribution >= 4 is 5.97 Å². The first-order valence-electron chi connectivity index (χ1n) is 3.81. The Balaban J connectivity index is 2.42. The Morgan fingerprint density at radius 3 is 2.91 bits per heavy atom. The van der Waals surface area contributed by atoms with Crippen LogP contribution >= 0.6 is 0 Å². The molecule has 62 valence electrons. The largest absolute Gasteiger partial charge is 0.478 e. The van der Waals surface area contributed by atoms with Gasteiger partial charge in [-0.1, -0.05) is 6.08 Å². The molecular weight excluding hydrogens is 142 g/mol. The molecule has 3 heteroatoms. The predicted octanol–water partition coefficient (Wildman–Crippen LogP) is 0.721. The summed E-state index contributed by atoms with van der Waals surface area (Å²) < 4.78 is 0. The molecular formula is C8H13NO2. The van der Waals surface area contributed by atoms with Crippen molar-refractivity contribution in [3.05, 3.63) is 12.2 Å². The second kappa shape index (κ2) is 3.53. The van der Waals surface area contributed by atoms with Crippen LogP contribution in [0.25, 0.3) is 0 Å².